The van der Waals surface area contributed by atoms with Crippen LogP contribution in [0.3, 0.4) is 0 Å². The Hall–Kier alpha value is -1.86. The number of rotatable bonds is 5. The fourth-order valence-corrected chi connectivity index (χ4v) is 1.43. The molecule has 4 heteroatoms. The molecule has 1 aromatic carbocycles. The van der Waals surface area contributed by atoms with Crippen LogP contribution in [0.2, 0.25) is 0 Å². The monoisotopic (exact) mass is 248 g/mol. The molecule has 1 amide bonds. The van der Waals surface area contributed by atoms with Crippen LogP contribution >= 0.6 is 0 Å². The Balaban J connectivity index is 2.43. The van der Waals surface area contributed by atoms with Crippen molar-refractivity contribution in [2.75, 3.05) is 11.9 Å². The average Bonchev–Trinajstić information content (AvgIpc) is 2.32. The topological polar surface area (TPSA) is 41.1 Å². The van der Waals surface area contributed by atoms with E-state index in [0.717, 1.165) is 0 Å². The maximum absolute atomic E-state index is 12.7. The molecule has 1 rings (SSSR count). The van der Waals surface area contributed by atoms with E-state index in [0.29, 0.717) is 5.69 Å². The average molecular weight is 248 g/mol. The third-order valence-corrected chi connectivity index (χ3v) is 2.46. The zero-order chi connectivity index (χ0) is 13.5. The van der Waals surface area contributed by atoms with Crippen molar-refractivity contribution in [3.63, 3.8) is 0 Å². The lowest BCUT2D eigenvalue weighted by Crippen LogP contribution is -2.38. The number of benzene rings is 1. The molecule has 1 atom stereocenters. The van der Waals surface area contributed by atoms with Gasteiger partial charge in [-0.3, -0.25) is 10.1 Å². The highest BCUT2D eigenvalue weighted by Crippen LogP contribution is 2.07. The maximum Gasteiger partial charge on any atom is 0.238 e. The zero-order valence-corrected chi connectivity index (χ0v) is 10.5. The van der Waals surface area contributed by atoms with Crippen molar-refractivity contribution in [1.82, 2.24) is 5.32 Å². The molecule has 0 saturated carbocycles. The Morgan fingerprint density at radius 1 is 1.39 bits per heavy atom. The van der Waals surface area contributed by atoms with Crippen LogP contribution in [0.15, 0.2) is 24.3 Å². The molecule has 0 fully saturated rings. The van der Waals surface area contributed by atoms with E-state index >= 15 is 0 Å². The van der Waals surface area contributed by atoms with Crippen LogP contribution in [-0.4, -0.2) is 18.5 Å². The molecule has 0 heterocycles. The molecule has 3 nitrogen and oxygen atoms in total. The van der Waals surface area contributed by atoms with E-state index in [1.165, 1.54) is 24.3 Å². The number of terminal acetylenes is 1. The van der Waals surface area contributed by atoms with Gasteiger partial charge in [0, 0.05) is 5.69 Å². The van der Waals surface area contributed by atoms with Gasteiger partial charge in [-0.25, -0.2) is 4.39 Å². The lowest BCUT2D eigenvalue weighted by molar-refractivity contribution is -0.115. The summed E-state index contributed by atoms with van der Waals surface area (Å²) in [5.74, 6) is 2.30. The third kappa shape index (κ3) is 4.56. The van der Waals surface area contributed by atoms with Gasteiger partial charge in [0.25, 0.3) is 0 Å². The van der Waals surface area contributed by atoms with E-state index in [4.69, 9.17) is 6.42 Å². The Bertz CT molecular complexity index is 434. The molecule has 0 aliphatic rings. The summed E-state index contributed by atoms with van der Waals surface area (Å²) >= 11 is 0. The first-order valence-corrected chi connectivity index (χ1v) is 5.78. The van der Waals surface area contributed by atoms with Crippen LogP contribution in [0.1, 0.15) is 13.8 Å². The van der Waals surface area contributed by atoms with E-state index < -0.39 is 0 Å². The molecule has 18 heavy (non-hydrogen) atoms. The smallest absolute Gasteiger partial charge is 0.238 e. The molecule has 0 spiro atoms. The summed E-state index contributed by atoms with van der Waals surface area (Å²) in [6, 6.07) is 5.47. The van der Waals surface area contributed by atoms with Gasteiger partial charge in [0.15, 0.2) is 0 Å². The quantitative estimate of drug-likeness (QED) is 0.783. The third-order valence-electron chi connectivity index (χ3n) is 2.46. The molecule has 1 unspecified atom stereocenters. The number of anilines is 1. The second-order valence-electron chi connectivity index (χ2n) is 4.32. The second-order valence-corrected chi connectivity index (χ2v) is 4.32. The summed E-state index contributed by atoms with van der Waals surface area (Å²) in [6.45, 7) is 4.09. The summed E-state index contributed by atoms with van der Waals surface area (Å²) in [6.07, 6.45) is 5.34. The van der Waals surface area contributed by atoms with Crippen LogP contribution in [-0.2, 0) is 4.79 Å². The molecule has 0 radical (unpaired) electrons. The SMILES string of the molecule is C#CC(NCC(=O)Nc1ccc(F)cc1)C(C)C. The van der Waals surface area contributed by atoms with Gasteiger partial charge in [-0.1, -0.05) is 19.8 Å². The lowest BCUT2D eigenvalue weighted by Gasteiger charge is -2.16. The van der Waals surface area contributed by atoms with Gasteiger partial charge in [-0.15, -0.1) is 6.42 Å². The molecule has 0 saturated heterocycles. The molecule has 1 aromatic rings. The minimum absolute atomic E-state index is 0.129. The zero-order valence-electron chi connectivity index (χ0n) is 10.5. The molecule has 0 bridgehead atoms. The number of hydrogen-bond acceptors (Lipinski definition) is 2. The summed E-state index contributed by atoms with van der Waals surface area (Å²) in [5.41, 5.74) is 0.560. The van der Waals surface area contributed by atoms with Gasteiger partial charge in [-0.05, 0) is 30.2 Å². The summed E-state index contributed by atoms with van der Waals surface area (Å²) in [7, 11) is 0. The van der Waals surface area contributed by atoms with Gasteiger partial charge >= 0.3 is 0 Å². The summed E-state index contributed by atoms with van der Waals surface area (Å²) < 4.78 is 12.7. The highest BCUT2D eigenvalue weighted by atomic mass is 19.1. The second kappa shape index (κ2) is 6.77. The maximum atomic E-state index is 12.7. The first-order valence-electron chi connectivity index (χ1n) is 5.78. The van der Waals surface area contributed by atoms with Crippen LogP contribution in [0.4, 0.5) is 10.1 Å². The molecule has 0 aromatic heterocycles. The number of halogens is 1. The van der Waals surface area contributed by atoms with Crippen LogP contribution in [0.5, 0.6) is 0 Å². The van der Waals surface area contributed by atoms with Gasteiger partial charge in [0.05, 0.1) is 12.6 Å². The van der Waals surface area contributed by atoms with Crippen molar-refractivity contribution in [1.29, 1.82) is 0 Å². The van der Waals surface area contributed by atoms with E-state index in [9.17, 15) is 9.18 Å². The largest absolute Gasteiger partial charge is 0.325 e. The van der Waals surface area contributed by atoms with Gasteiger partial charge in [0.2, 0.25) is 5.91 Å². The van der Waals surface area contributed by atoms with Crippen molar-refractivity contribution in [3.05, 3.63) is 30.1 Å². The minimum Gasteiger partial charge on any atom is -0.325 e. The molecule has 2 N–H and O–H groups in total. The number of carbonyl (C=O) groups excluding carboxylic acids is 1. The Labute approximate surface area is 107 Å². The Morgan fingerprint density at radius 3 is 2.50 bits per heavy atom. The number of amides is 1. The van der Waals surface area contributed by atoms with Crippen molar-refractivity contribution in [2.45, 2.75) is 19.9 Å². The number of hydrogen-bond donors (Lipinski definition) is 2. The van der Waals surface area contributed by atoms with Gasteiger partial charge in [-0.2, -0.15) is 0 Å². The van der Waals surface area contributed by atoms with Crippen molar-refractivity contribution in [3.8, 4) is 12.3 Å². The van der Waals surface area contributed by atoms with Crippen molar-refractivity contribution >= 4 is 11.6 Å². The van der Waals surface area contributed by atoms with E-state index in [1.807, 2.05) is 13.8 Å². The van der Waals surface area contributed by atoms with E-state index in [1.54, 1.807) is 0 Å². The summed E-state index contributed by atoms with van der Waals surface area (Å²) in [5, 5.41) is 5.63. The fourth-order valence-electron chi connectivity index (χ4n) is 1.43. The van der Waals surface area contributed by atoms with Crippen LogP contribution in [0, 0.1) is 24.1 Å². The van der Waals surface area contributed by atoms with E-state index in [2.05, 4.69) is 16.6 Å². The highest BCUT2D eigenvalue weighted by Gasteiger charge is 2.11. The molecular weight excluding hydrogens is 231 g/mol. The molecule has 0 aliphatic carbocycles. The van der Waals surface area contributed by atoms with Gasteiger partial charge in [0.1, 0.15) is 5.82 Å². The van der Waals surface area contributed by atoms with Crippen LogP contribution in [0.25, 0.3) is 0 Å². The molecular formula is C14H17FN2O. The standard InChI is InChI=1S/C14H17FN2O/c1-4-13(10(2)3)16-9-14(18)17-12-7-5-11(15)6-8-12/h1,5-8,10,13,16H,9H2,2-3H3,(H,17,18). The Kier molecular flexibility index (Phi) is 5.34. The van der Waals surface area contributed by atoms with E-state index in [-0.39, 0.29) is 30.2 Å². The minimum atomic E-state index is -0.335. The van der Waals surface area contributed by atoms with Gasteiger partial charge < -0.3 is 5.32 Å². The predicted octanol–water partition coefficient (Wildman–Crippen LogP) is 2.01. The molecule has 96 valence electrons. The Morgan fingerprint density at radius 2 is 2.00 bits per heavy atom. The number of nitrogens with one attached hydrogen (secondary N) is 2. The van der Waals surface area contributed by atoms with Crippen molar-refractivity contribution in [2.24, 2.45) is 5.92 Å². The highest BCUT2D eigenvalue weighted by molar-refractivity contribution is 5.92. The first kappa shape index (κ1) is 14.2. The predicted molar refractivity (Wildman–Crippen MR) is 70.5 cm³/mol. The van der Waals surface area contributed by atoms with Crippen molar-refractivity contribution < 1.29 is 9.18 Å². The molecule has 0 aliphatic heterocycles. The lowest BCUT2D eigenvalue weighted by atomic mass is 10.1. The van der Waals surface area contributed by atoms with Crippen LogP contribution < -0.4 is 10.6 Å². The fraction of sp³-hybridized carbons (Fsp3) is 0.357. The normalized spacial score (nSPS) is 11.9. The number of carbonyl (C=O) groups is 1. The first-order chi connectivity index (χ1) is 8.52. The summed E-state index contributed by atoms with van der Waals surface area (Å²) in [4.78, 5) is 11.6.